The van der Waals surface area contributed by atoms with E-state index in [1.165, 1.54) is 11.9 Å². The standard InChI is InChI=1S/C30H28N6O2/c1-3-38-26-16-10-8-14-24(26)34-29(37)27-20(2)33-30-31-19-32-36(30)28(27)23-18-35(17-21-11-5-4-6-12-21)25-15-9-7-13-22(23)25/h4-16,18-19,28H,3,17H2,1-2H3,(H,34,37)(H,31,32,33). The molecule has 6 rings (SSSR count). The molecule has 1 atom stereocenters. The summed E-state index contributed by atoms with van der Waals surface area (Å²) < 4.78 is 9.76. The molecule has 1 aliphatic rings. The monoisotopic (exact) mass is 504 g/mol. The van der Waals surface area contributed by atoms with Gasteiger partial charge in [0.25, 0.3) is 5.91 Å². The largest absolute Gasteiger partial charge is 0.492 e. The van der Waals surface area contributed by atoms with Gasteiger partial charge in [-0.25, -0.2) is 4.68 Å². The van der Waals surface area contributed by atoms with E-state index in [-0.39, 0.29) is 5.91 Å². The van der Waals surface area contributed by atoms with E-state index >= 15 is 0 Å². The lowest BCUT2D eigenvalue weighted by atomic mass is 9.94. The van der Waals surface area contributed by atoms with Crippen LogP contribution in [0.5, 0.6) is 5.75 Å². The summed E-state index contributed by atoms with van der Waals surface area (Å²) in [4.78, 5) is 18.4. The van der Waals surface area contributed by atoms with Crippen LogP contribution in [-0.2, 0) is 11.3 Å². The summed E-state index contributed by atoms with van der Waals surface area (Å²) in [5.74, 6) is 0.995. The maximum absolute atomic E-state index is 14.0. The number of fused-ring (bicyclic) bond motifs is 2. The van der Waals surface area contributed by atoms with E-state index in [2.05, 4.69) is 55.7 Å². The van der Waals surface area contributed by atoms with Gasteiger partial charge in [0.15, 0.2) is 0 Å². The Morgan fingerprint density at radius 3 is 2.63 bits per heavy atom. The van der Waals surface area contributed by atoms with E-state index in [9.17, 15) is 4.79 Å². The van der Waals surface area contributed by atoms with Gasteiger partial charge in [0, 0.05) is 34.9 Å². The second-order valence-electron chi connectivity index (χ2n) is 9.19. The minimum absolute atomic E-state index is 0.229. The molecule has 0 spiro atoms. The van der Waals surface area contributed by atoms with Crippen molar-refractivity contribution in [3.8, 4) is 5.75 Å². The highest BCUT2D eigenvalue weighted by Gasteiger charge is 2.35. The van der Waals surface area contributed by atoms with Gasteiger partial charge in [-0.1, -0.05) is 60.7 Å². The van der Waals surface area contributed by atoms with E-state index in [1.807, 2.05) is 68.4 Å². The zero-order valence-electron chi connectivity index (χ0n) is 21.3. The summed E-state index contributed by atoms with van der Waals surface area (Å²) in [5.41, 5.74) is 5.18. The van der Waals surface area contributed by atoms with Crippen LogP contribution < -0.4 is 15.4 Å². The molecule has 2 N–H and O–H groups in total. The third kappa shape index (κ3) is 4.20. The van der Waals surface area contributed by atoms with E-state index < -0.39 is 6.04 Å². The highest BCUT2D eigenvalue weighted by molar-refractivity contribution is 6.07. The van der Waals surface area contributed by atoms with Crippen molar-refractivity contribution in [2.75, 3.05) is 17.2 Å². The lowest BCUT2D eigenvalue weighted by molar-refractivity contribution is -0.113. The lowest BCUT2D eigenvalue weighted by Gasteiger charge is -2.28. The molecule has 0 saturated heterocycles. The number of hydrogen-bond donors (Lipinski definition) is 2. The molecular weight excluding hydrogens is 476 g/mol. The van der Waals surface area contributed by atoms with Crippen molar-refractivity contribution in [2.45, 2.75) is 26.4 Å². The van der Waals surface area contributed by atoms with Gasteiger partial charge in [0.2, 0.25) is 5.95 Å². The molecule has 3 heterocycles. The number of carbonyl (C=O) groups is 1. The summed E-state index contributed by atoms with van der Waals surface area (Å²) in [6.45, 7) is 5.03. The molecule has 0 fully saturated rings. The topological polar surface area (TPSA) is 86.0 Å². The van der Waals surface area contributed by atoms with E-state index in [1.54, 1.807) is 4.68 Å². The SMILES string of the molecule is CCOc1ccccc1NC(=O)C1=C(C)Nc2ncnn2C1c1cn(Cc2ccccc2)c2ccccc12. The molecular formula is C30H28N6O2. The van der Waals surface area contributed by atoms with Gasteiger partial charge >= 0.3 is 0 Å². The number of allylic oxidation sites excluding steroid dienone is 1. The molecule has 8 heteroatoms. The van der Waals surface area contributed by atoms with Crippen LogP contribution in [0.3, 0.4) is 0 Å². The molecule has 0 saturated carbocycles. The number of nitrogens with zero attached hydrogens (tertiary/aromatic N) is 4. The van der Waals surface area contributed by atoms with E-state index in [0.717, 1.165) is 22.2 Å². The van der Waals surface area contributed by atoms with Crippen molar-refractivity contribution in [3.05, 3.63) is 114 Å². The van der Waals surface area contributed by atoms with Gasteiger partial charge in [-0.15, -0.1) is 0 Å². The molecule has 1 aliphatic heterocycles. The molecule has 8 nitrogen and oxygen atoms in total. The molecule has 0 bridgehead atoms. The molecule has 190 valence electrons. The molecule has 38 heavy (non-hydrogen) atoms. The number of rotatable bonds is 7. The summed E-state index contributed by atoms with van der Waals surface area (Å²) in [7, 11) is 0. The lowest BCUT2D eigenvalue weighted by Crippen LogP contribution is -2.31. The van der Waals surface area contributed by atoms with E-state index in [0.29, 0.717) is 36.1 Å². The van der Waals surface area contributed by atoms with Gasteiger partial charge in [-0.3, -0.25) is 4.79 Å². The van der Waals surface area contributed by atoms with Crippen molar-refractivity contribution < 1.29 is 9.53 Å². The first-order chi connectivity index (χ1) is 18.6. The predicted octanol–water partition coefficient (Wildman–Crippen LogP) is 5.61. The quantitative estimate of drug-likeness (QED) is 0.301. The second-order valence-corrected chi connectivity index (χ2v) is 9.19. The third-order valence-corrected chi connectivity index (χ3v) is 6.78. The van der Waals surface area contributed by atoms with Crippen LogP contribution in [0, 0.1) is 0 Å². The first kappa shape index (κ1) is 23.5. The number of anilines is 2. The van der Waals surface area contributed by atoms with Crippen molar-refractivity contribution >= 4 is 28.4 Å². The number of aromatic nitrogens is 4. The smallest absolute Gasteiger partial charge is 0.255 e. The highest BCUT2D eigenvalue weighted by Crippen LogP contribution is 2.39. The van der Waals surface area contributed by atoms with Crippen LogP contribution in [0.4, 0.5) is 11.6 Å². The fourth-order valence-corrected chi connectivity index (χ4v) is 5.12. The number of benzene rings is 3. The zero-order valence-corrected chi connectivity index (χ0v) is 21.3. The summed E-state index contributed by atoms with van der Waals surface area (Å²) in [6, 6.07) is 25.6. The molecule has 2 aromatic heterocycles. The van der Waals surface area contributed by atoms with Gasteiger partial charge in [0.1, 0.15) is 18.1 Å². The number of para-hydroxylation sites is 3. The Hall–Kier alpha value is -4.85. The Kier molecular flexibility index (Phi) is 6.13. The van der Waals surface area contributed by atoms with Gasteiger partial charge in [-0.2, -0.15) is 10.1 Å². The van der Waals surface area contributed by atoms with E-state index in [4.69, 9.17) is 4.74 Å². The fraction of sp³-hybridized carbons (Fsp3) is 0.167. The normalized spacial score (nSPS) is 14.7. The Labute approximate surface area is 220 Å². The molecule has 5 aromatic rings. The summed E-state index contributed by atoms with van der Waals surface area (Å²) >= 11 is 0. The Morgan fingerprint density at radius 1 is 1.03 bits per heavy atom. The molecule has 3 aromatic carbocycles. The molecule has 0 aliphatic carbocycles. The van der Waals surface area contributed by atoms with Crippen LogP contribution in [0.1, 0.15) is 31.0 Å². The van der Waals surface area contributed by atoms with Gasteiger partial charge < -0.3 is 19.9 Å². The van der Waals surface area contributed by atoms with Gasteiger partial charge in [0.05, 0.1) is 17.9 Å². The Bertz CT molecular complexity index is 1650. The predicted molar refractivity (Wildman–Crippen MR) is 148 cm³/mol. The number of carbonyl (C=O) groups excluding carboxylic acids is 1. The minimum atomic E-state index is -0.477. The van der Waals surface area contributed by atoms with Crippen molar-refractivity contribution in [2.24, 2.45) is 0 Å². The maximum Gasteiger partial charge on any atom is 0.255 e. The van der Waals surface area contributed by atoms with Crippen molar-refractivity contribution in [3.63, 3.8) is 0 Å². The van der Waals surface area contributed by atoms with Crippen LogP contribution in [-0.4, -0.2) is 31.8 Å². The summed E-state index contributed by atoms with van der Waals surface area (Å²) in [6.07, 6.45) is 3.64. The fourth-order valence-electron chi connectivity index (χ4n) is 5.12. The van der Waals surface area contributed by atoms with Crippen molar-refractivity contribution in [1.29, 1.82) is 0 Å². The molecule has 0 radical (unpaired) electrons. The second kappa shape index (κ2) is 9.89. The average molecular weight is 505 g/mol. The number of ether oxygens (including phenoxy) is 1. The average Bonchev–Trinajstić information content (AvgIpc) is 3.54. The third-order valence-electron chi connectivity index (χ3n) is 6.78. The first-order valence-electron chi connectivity index (χ1n) is 12.7. The Balaban J connectivity index is 1.46. The maximum atomic E-state index is 14.0. The zero-order chi connectivity index (χ0) is 26.1. The molecule has 1 amide bonds. The Morgan fingerprint density at radius 2 is 1.79 bits per heavy atom. The highest BCUT2D eigenvalue weighted by atomic mass is 16.5. The van der Waals surface area contributed by atoms with Crippen LogP contribution in [0.2, 0.25) is 0 Å². The number of nitrogens with one attached hydrogen (secondary N) is 2. The van der Waals surface area contributed by atoms with Crippen LogP contribution in [0.15, 0.2) is 103 Å². The van der Waals surface area contributed by atoms with Gasteiger partial charge in [-0.05, 0) is 37.6 Å². The summed E-state index contributed by atoms with van der Waals surface area (Å²) in [5, 5.41) is 11.9. The molecule has 1 unspecified atom stereocenters. The van der Waals surface area contributed by atoms with Crippen LogP contribution >= 0.6 is 0 Å². The van der Waals surface area contributed by atoms with Crippen molar-refractivity contribution in [1.82, 2.24) is 19.3 Å². The first-order valence-corrected chi connectivity index (χ1v) is 12.7. The van der Waals surface area contributed by atoms with Crippen LogP contribution in [0.25, 0.3) is 10.9 Å². The minimum Gasteiger partial charge on any atom is -0.492 e. The number of hydrogen-bond acceptors (Lipinski definition) is 5. The number of amides is 1.